The van der Waals surface area contributed by atoms with E-state index in [-0.39, 0.29) is 18.1 Å². The molecule has 1 heterocycles. The fourth-order valence-electron chi connectivity index (χ4n) is 2.31. The van der Waals surface area contributed by atoms with Crippen molar-refractivity contribution in [2.24, 2.45) is 5.73 Å². The van der Waals surface area contributed by atoms with Crippen LogP contribution < -0.4 is 5.73 Å². The first kappa shape index (κ1) is 15.4. The van der Waals surface area contributed by atoms with Gasteiger partial charge in [-0.2, -0.15) is 0 Å². The fourth-order valence-corrected chi connectivity index (χ4v) is 2.31. The molecule has 0 bridgehead atoms. The second-order valence-corrected chi connectivity index (χ2v) is 5.00. The maximum absolute atomic E-state index is 13.9. The van der Waals surface area contributed by atoms with Crippen LogP contribution in [0.5, 0.6) is 0 Å². The standard InChI is InChI=1S/C14H17FN2O4/c15-12-5-9(14(16)20)1-2-10(12)7-17-3-4-21-11(8-17)6-13(18)19/h1-2,5,11H,3-4,6-8H2,(H2,16,20)(H,18,19). The van der Waals surface area contributed by atoms with Gasteiger partial charge in [-0.1, -0.05) is 6.07 Å². The third-order valence-electron chi connectivity index (χ3n) is 3.36. The van der Waals surface area contributed by atoms with Gasteiger partial charge in [0, 0.05) is 30.8 Å². The minimum Gasteiger partial charge on any atom is -0.481 e. The number of hydrogen-bond acceptors (Lipinski definition) is 4. The lowest BCUT2D eigenvalue weighted by molar-refractivity contribution is -0.142. The first-order valence-electron chi connectivity index (χ1n) is 6.59. The number of carboxylic acids is 1. The minimum atomic E-state index is -0.918. The van der Waals surface area contributed by atoms with Crippen LogP contribution in [0.15, 0.2) is 18.2 Å². The van der Waals surface area contributed by atoms with Crippen LogP contribution in [-0.4, -0.2) is 47.7 Å². The summed E-state index contributed by atoms with van der Waals surface area (Å²) in [5, 5.41) is 8.77. The smallest absolute Gasteiger partial charge is 0.306 e. The summed E-state index contributed by atoms with van der Waals surface area (Å²) in [6, 6.07) is 4.12. The largest absolute Gasteiger partial charge is 0.481 e. The zero-order valence-corrected chi connectivity index (χ0v) is 11.4. The van der Waals surface area contributed by atoms with Gasteiger partial charge in [-0.05, 0) is 12.1 Å². The van der Waals surface area contributed by atoms with Crippen molar-refractivity contribution in [2.75, 3.05) is 19.7 Å². The van der Waals surface area contributed by atoms with Crippen LogP contribution in [0, 0.1) is 5.82 Å². The molecule has 3 N–H and O–H groups in total. The summed E-state index contributed by atoms with van der Waals surface area (Å²) in [5.41, 5.74) is 5.66. The third kappa shape index (κ3) is 4.24. The monoisotopic (exact) mass is 296 g/mol. The van der Waals surface area contributed by atoms with Gasteiger partial charge in [0.05, 0.1) is 19.1 Å². The zero-order chi connectivity index (χ0) is 15.4. The number of nitrogens with zero attached hydrogens (tertiary/aromatic N) is 1. The molecule has 2 rings (SSSR count). The molecule has 0 spiro atoms. The molecular formula is C14H17FN2O4. The van der Waals surface area contributed by atoms with Crippen LogP contribution in [0.25, 0.3) is 0 Å². The van der Waals surface area contributed by atoms with E-state index in [1.807, 2.05) is 4.90 Å². The highest BCUT2D eigenvalue weighted by atomic mass is 19.1. The fraction of sp³-hybridized carbons (Fsp3) is 0.429. The number of carbonyl (C=O) groups is 2. The maximum Gasteiger partial charge on any atom is 0.306 e. The molecule has 1 unspecified atom stereocenters. The number of halogens is 1. The van der Waals surface area contributed by atoms with E-state index >= 15 is 0 Å². The Kier molecular flexibility index (Phi) is 4.87. The first-order valence-corrected chi connectivity index (χ1v) is 6.59. The minimum absolute atomic E-state index is 0.0698. The lowest BCUT2D eigenvalue weighted by Crippen LogP contribution is -2.42. The SMILES string of the molecule is NC(=O)c1ccc(CN2CCOC(CC(=O)O)C2)c(F)c1. The Labute approximate surface area is 121 Å². The molecule has 1 fully saturated rings. The van der Waals surface area contributed by atoms with Crippen molar-refractivity contribution in [3.63, 3.8) is 0 Å². The summed E-state index contributed by atoms with van der Waals surface area (Å²) in [5.74, 6) is -2.08. The molecule has 1 aliphatic rings. The van der Waals surface area contributed by atoms with Gasteiger partial charge in [-0.15, -0.1) is 0 Å². The molecule has 1 aliphatic heterocycles. The molecular weight excluding hydrogens is 279 g/mol. The molecule has 21 heavy (non-hydrogen) atoms. The summed E-state index contributed by atoms with van der Waals surface area (Å²) in [4.78, 5) is 23.6. The van der Waals surface area contributed by atoms with Crippen molar-refractivity contribution in [3.05, 3.63) is 35.1 Å². The van der Waals surface area contributed by atoms with Gasteiger partial charge < -0.3 is 15.6 Å². The molecule has 114 valence electrons. The molecule has 0 aliphatic carbocycles. The van der Waals surface area contributed by atoms with E-state index in [1.54, 1.807) is 0 Å². The van der Waals surface area contributed by atoms with Crippen molar-refractivity contribution in [1.82, 2.24) is 4.90 Å². The Morgan fingerprint density at radius 1 is 1.48 bits per heavy atom. The average molecular weight is 296 g/mol. The van der Waals surface area contributed by atoms with Crippen LogP contribution in [-0.2, 0) is 16.1 Å². The van der Waals surface area contributed by atoms with E-state index in [9.17, 15) is 14.0 Å². The number of ether oxygens (including phenoxy) is 1. The molecule has 1 aromatic carbocycles. The number of rotatable bonds is 5. The van der Waals surface area contributed by atoms with Crippen molar-refractivity contribution in [1.29, 1.82) is 0 Å². The summed E-state index contributed by atoms with van der Waals surface area (Å²) in [6.45, 7) is 1.79. The van der Waals surface area contributed by atoms with Gasteiger partial charge >= 0.3 is 5.97 Å². The van der Waals surface area contributed by atoms with Crippen molar-refractivity contribution in [3.8, 4) is 0 Å². The number of carboxylic acid groups (broad SMARTS) is 1. The highest BCUT2D eigenvalue weighted by Gasteiger charge is 2.23. The van der Waals surface area contributed by atoms with Gasteiger partial charge in [0.2, 0.25) is 5.91 Å². The van der Waals surface area contributed by atoms with Gasteiger partial charge in [-0.3, -0.25) is 14.5 Å². The predicted octanol–water partition coefficient (Wildman–Crippen LogP) is 0.600. The van der Waals surface area contributed by atoms with Crippen LogP contribution in [0.1, 0.15) is 22.3 Å². The molecule has 0 saturated carbocycles. The van der Waals surface area contributed by atoms with Crippen molar-refractivity contribution in [2.45, 2.75) is 19.1 Å². The number of hydrogen-bond donors (Lipinski definition) is 2. The Hall–Kier alpha value is -1.99. The normalized spacial score (nSPS) is 19.4. The van der Waals surface area contributed by atoms with E-state index in [1.165, 1.54) is 12.1 Å². The number of aliphatic carboxylic acids is 1. The molecule has 0 radical (unpaired) electrons. The molecule has 1 atom stereocenters. The van der Waals surface area contributed by atoms with Crippen molar-refractivity contribution >= 4 is 11.9 Å². The summed E-state index contributed by atoms with van der Waals surface area (Å²) < 4.78 is 19.3. The van der Waals surface area contributed by atoms with Crippen LogP contribution in [0.2, 0.25) is 0 Å². The highest BCUT2D eigenvalue weighted by molar-refractivity contribution is 5.92. The average Bonchev–Trinajstić information content (AvgIpc) is 2.40. The Morgan fingerprint density at radius 3 is 2.86 bits per heavy atom. The van der Waals surface area contributed by atoms with E-state index < -0.39 is 17.7 Å². The van der Waals surface area contributed by atoms with Gasteiger partial charge in [0.15, 0.2) is 0 Å². The number of morpholine rings is 1. The third-order valence-corrected chi connectivity index (χ3v) is 3.36. The molecule has 1 amide bonds. The number of amides is 1. The number of primary amides is 1. The second-order valence-electron chi connectivity index (χ2n) is 5.00. The van der Waals surface area contributed by atoms with Gasteiger partial charge in [0.1, 0.15) is 5.82 Å². The van der Waals surface area contributed by atoms with Gasteiger partial charge in [0.25, 0.3) is 0 Å². The van der Waals surface area contributed by atoms with E-state index in [0.29, 0.717) is 31.8 Å². The van der Waals surface area contributed by atoms with E-state index in [4.69, 9.17) is 15.6 Å². The van der Waals surface area contributed by atoms with E-state index in [2.05, 4.69) is 0 Å². The van der Waals surface area contributed by atoms with E-state index in [0.717, 1.165) is 6.07 Å². The Balaban J connectivity index is 2.01. The zero-order valence-electron chi connectivity index (χ0n) is 11.4. The highest BCUT2D eigenvalue weighted by Crippen LogP contribution is 2.16. The predicted molar refractivity (Wildman–Crippen MR) is 72.2 cm³/mol. The van der Waals surface area contributed by atoms with Gasteiger partial charge in [-0.25, -0.2) is 4.39 Å². The molecule has 7 heteroatoms. The molecule has 1 aromatic rings. The molecule has 0 aromatic heterocycles. The second kappa shape index (κ2) is 6.64. The Morgan fingerprint density at radius 2 is 2.24 bits per heavy atom. The number of benzene rings is 1. The summed E-state index contributed by atoms with van der Waals surface area (Å²) >= 11 is 0. The molecule has 6 nitrogen and oxygen atoms in total. The summed E-state index contributed by atoms with van der Waals surface area (Å²) in [7, 11) is 0. The van der Waals surface area contributed by atoms with Crippen LogP contribution in [0.4, 0.5) is 4.39 Å². The first-order chi connectivity index (χ1) is 9.95. The maximum atomic E-state index is 13.9. The van der Waals surface area contributed by atoms with Crippen molar-refractivity contribution < 1.29 is 23.8 Å². The quantitative estimate of drug-likeness (QED) is 0.830. The summed E-state index contributed by atoms with van der Waals surface area (Å²) in [6.07, 6.45) is -0.455. The topological polar surface area (TPSA) is 92.9 Å². The number of carbonyl (C=O) groups excluding carboxylic acids is 1. The lowest BCUT2D eigenvalue weighted by Gasteiger charge is -2.32. The van der Waals surface area contributed by atoms with Crippen LogP contribution in [0.3, 0.4) is 0 Å². The lowest BCUT2D eigenvalue weighted by atomic mass is 10.1. The Bertz CT molecular complexity index is 550. The molecule has 1 saturated heterocycles. The number of nitrogens with two attached hydrogens (primary N) is 1. The van der Waals surface area contributed by atoms with Crippen LogP contribution >= 0.6 is 0 Å².